The van der Waals surface area contributed by atoms with E-state index in [9.17, 15) is 0 Å². The number of hydrogen-bond donors (Lipinski definition) is 1. The standard InChI is InChI=1S/C17H35N3O/c1-8-18-15-14(16(3,4)21-17(15,5)6)12-20-10-9-19(7)11-13(20)2/h13-15,18H,8-12H2,1-7H3. The van der Waals surface area contributed by atoms with Crippen molar-refractivity contribution in [2.45, 2.75) is 64.8 Å². The minimum absolute atomic E-state index is 0.0700. The van der Waals surface area contributed by atoms with Crippen molar-refractivity contribution < 1.29 is 4.74 Å². The van der Waals surface area contributed by atoms with Gasteiger partial charge in [-0.25, -0.2) is 0 Å². The molecule has 21 heavy (non-hydrogen) atoms. The second kappa shape index (κ2) is 6.15. The molecule has 2 fully saturated rings. The van der Waals surface area contributed by atoms with E-state index in [4.69, 9.17) is 4.74 Å². The normalized spacial score (nSPS) is 37.0. The number of hydrogen-bond acceptors (Lipinski definition) is 4. The lowest BCUT2D eigenvalue weighted by Crippen LogP contribution is -2.56. The van der Waals surface area contributed by atoms with Gasteiger partial charge >= 0.3 is 0 Å². The van der Waals surface area contributed by atoms with Crippen molar-refractivity contribution in [1.29, 1.82) is 0 Å². The summed E-state index contributed by atoms with van der Waals surface area (Å²) < 4.78 is 6.41. The Labute approximate surface area is 131 Å². The van der Waals surface area contributed by atoms with Gasteiger partial charge in [-0.3, -0.25) is 4.90 Å². The van der Waals surface area contributed by atoms with E-state index in [1.165, 1.54) is 19.6 Å². The highest BCUT2D eigenvalue weighted by Gasteiger charge is 2.53. The lowest BCUT2D eigenvalue weighted by molar-refractivity contribution is -0.0810. The summed E-state index contributed by atoms with van der Waals surface area (Å²) in [6.45, 7) is 19.2. The van der Waals surface area contributed by atoms with E-state index in [1.54, 1.807) is 0 Å². The number of ether oxygens (including phenoxy) is 1. The van der Waals surface area contributed by atoms with E-state index in [0.717, 1.165) is 13.1 Å². The number of nitrogens with zero attached hydrogens (tertiary/aromatic N) is 2. The van der Waals surface area contributed by atoms with E-state index in [0.29, 0.717) is 18.0 Å². The van der Waals surface area contributed by atoms with E-state index in [1.807, 2.05) is 0 Å². The maximum atomic E-state index is 6.41. The molecule has 0 aromatic heterocycles. The summed E-state index contributed by atoms with van der Waals surface area (Å²) in [4.78, 5) is 5.09. The number of likely N-dealkylation sites (N-methyl/N-ethyl adjacent to an activating group) is 2. The van der Waals surface area contributed by atoms with Gasteiger partial charge in [-0.05, 0) is 48.2 Å². The van der Waals surface area contributed by atoms with Crippen molar-refractivity contribution in [3.8, 4) is 0 Å². The van der Waals surface area contributed by atoms with Crippen molar-refractivity contribution in [3.05, 3.63) is 0 Å². The maximum Gasteiger partial charge on any atom is 0.0790 e. The van der Waals surface area contributed by atoms with E-state index >= 15 is 0 Å². The third kappa shape index (κ3) is 3.61. The molecule has 1 N–H and O–H groups in total. The Morgan fingerprint density at radius 2 is 1.81 bits per heavy atom. The highest BCUT2D eigenvalue weighted by atomic mass is 16.5. The molecule has 3 unspecified atom stereocenters. The van der Waals surface area contributed by atoms with Crippen LogP contribution in [0.1, 0.15) is 41.5 Å². The Hall–Kier alpha value is -0.160. The fourth-order valence-electron chi connectivity index (χ4n) is 4.34. The Kier molecular flexibility index (Phi) is 5.04. The van der Waals surface area contributed by atoms with Gasteiger partial charge in [-0.1, -0.05) is 6.92 Å². The van der Waals surface area contributed by atoms with Crippen LogP contribution in [0.2, 0.25) is 0 Å². The van der Waals surface area contributed by atoms with Gasteiger partial charge in [0.2, 0.25) is 0 Å². The first kappa shape index (κ1) is 17.2. The molecule has 2 heterocycles. The fourth-order valence-corrected chi connectivity index (χ4v) is 4.34. The van der Waals surface area contributed by atoms with Crippen LogP contribution in [0.3, 0.4) is 0 Å². The summed E-state index contributed by atoms with van der Waals surface area (Å²) >= 11 is 0. The second-order valence-electron chi connectivity index (χ2n) is 8.06. The van der Waals surface area contributed by atoms with Gasteiger partial charge in [0.1, 0.15) is 0 Å². The second-order valence-corrected chi connectivity index (χ2v) is 8.06. The summed E-state index contributed by atoms with van der Waals surface area (Å²) in [5, 5.41) is 3.69. The Balaban J connectivity index is 2.11. The maximum absolute atomic E-state index is 6.41. The molecule has 0 aromatic rings. The number of piperazine rings is 1. The van der Waals surface area contributed by atoms with Crippen molar-refractivity contribution in [2.24, 2.45) is 5.92 Å². The van der Waals surface area contributed by atoms with Crippen LogP contribution in [-0.2, 0) is 4.74 Å². The van der Waals surface area contributed by atoms with Crippen molar-refractivity contribution in [2.75, 3.05) is 39.8 Å². The predicted octanol–water partition coefficient (Wildman–Crippen LogP) is 1.80. The molecule has 124 valence electrons. The molecule has 0 radical (unpaired) electrons. The van der Waals surface area contributed by atoms with Gasteiger partial charge in [-0.15, -0.1) is 0 Å². The Morgan fingerprint density at radius 1 is 1.14 bits per heavy atom. The number of rotatable bonds is 4. The third-order valence-corrected chi connectivity index (χ3v) is 5.39. The zero-order valence-electron chi connectivity index (χ0n) is 15.1. The van der Waals surface area contributed by atoms with Gasteiger partial charge in [-0.2, -0.15) is 0 Å². The first-order chi connectivity index (χ1) is 9.67. The smallest absolute Gasteiger partial charge is 0.0790 e. The molecule has 4 heteroatoms. The molecule has 2 aliphatic rings. The third-order valence-electron chi connectivity index (χ3n) is 5.39. The van der Waals surface area contributed by atoms with Crippen molar-refractivity contribution in [1.82, 2.24) is 15.1 Å². The van der Waals surface area contributed by atoms with Gasteiger partial charge in [0, 0.05) is 44.2 Å². The van der Waals surface area contributed by atoms with Crippen LogP contribution in [0.4, 0.5) is 0 Å². The van der Waals surface area contributed by atoms with E-state index < -0.39 is 0 Å². The van der Waals surface area contributed by atoms with Crippen molar-refractivity contribution >= 4 is 0 Å². The van der Waals surface area contributed by atoms with Crippen LogP contribution in [0.25, 0.3) is 0 Å². The average molecular weight is 297 g/mol. The van der Waals surface area contributed by atoms with Gasteiger partial charge in [0.25, 0.3) is 0 Å². The largest absolute Gasteiger partial charge is 0.368 e. The molecule has 2 aliphatic heterocycles. The lowest BCUT2D eigenvalue weighted by atomic mass is 9.81. The lowest BCUT2D eigenvalue weighted by Gasteiger charge is -2.42. The molecule has 2 rings (SSSR count). The van der Waals surface area contributed by atoms with Crippen LogP contribution < -0.4 is 5.32 Å². The molecule has 0 aliphatic carbocycles. The SMILES string of the molecule is CCNC1C(CN2CCN(C)CC2C)C(C)(C)OC1(C)C. The van der Waals surface area contributed by atoms with Gasteiger partial charge in [0.15, 0.2) is 0 Å². The predicted molar refractivity (Wildman–Crippen MR) is 88.7 cm³/mol. The highest BCUT2D eigenvalue weighted by molar-refractivity contribution is 5.06. The molecular formula is C17H35N3O. The molecule has 0 bridgehead atoms. The summed E-state index contributed by atoms with van der Waals surface area (Å²) in [6, 6.07) is 1.05. The molecule has 2 saturated heterocycles. The highest BCUT2D eigenvalue weighted by Crippen LogP contribution is 2.42. The summed E-state index contributed by atoms with van der Waals surface area (Å²) in [6.07, 6.45) is 0. The van der Waals surface area contributed by atoms with Gasteiger partial charge in [0.05, 0.1) is 11.2 Å². The van der Waals surface area contributed by atoms with Crippen LogP contribution in [0.5, 0.6) is 0 Å². The van der Waals surface area contributed by atoms with E-state index in [-0.39, 0.29) is 11.2 Å². The quantitative estimate of drug-likeness (QED) is 0.856. The summed E-state index contributed by atoms with van der Waals surface area (Å²) in [7, 11) is 2.22. The first-order valence-corrected chi connectivity index (χ1v) is 8.53. The molecule has 0 aromatic carbocycles. The molecular weight excluding hydrogens is 262 g/mol. The minimum Gasteiger partial charge on any atom is -0.368 e. The monoisotopic (exact) mass is 297 g/mol. The molecule has 0 amide bonds. The zero-order valence-corrected chi connectivity index (χ0v) is 15.1. The van der Waals surface area contributed by atoms with Crippen molar-refractivity contribution in [3.63, 3.8) is 0 Å². The fraction of sp³-hybridized carbons (Fsp3) is 1.00. The van der Waals surface area contributed by atoms with E-state index in [2.05, 4.69) is 63.7 Å². The Morgan fingerprint density at radius 3 is 2.38 bits per heavy atom. The molecule has 0 saturated carbocycles. The van der Waals surface area contributed by atoms with Crippen LogP contribution in [0.15, 0.2) is 0 Å². The van der Waals surface area contributed by atoms with Crippen LogP contribution in [0, 0.1) is 5.92 Å². The molecule has 0 spiro atoms. The number of nitrogens with one attached hydrogen (secondary N) is 1. The molecule has 4 nitrogen and oxygen atoms in total. The average Bonchev–Trinajstić information content (AvgIpc) is 2.50. The Bertz CT molecular complexity index is 356. The summed E-state index contributed by atoms with van der Waals surface area (Å²) in [5.74, 6) is 0.526. The van der Waals surface area contributed by atoms with Crippen LogP contribution in [-0.4, -0.2) is 72.9 Å². The van der Waals surface area contributed by atoms with Gasteiger partial charge < -0.3 is 15.0 Å². The minimum atomic E-state index is -0.0972. The molecule has 3 atom stereocenters. The zero-order chi connectivity index (χ0) is 15.8. The van der Waals surface area contributed by atoms with Crippen LogP contribution >= 0.6 is 0 Å². The summed E-state index contributed by atoms with van der Waals surface area (Å²) in [5.41, 5.74) is -0.167. The topological polar surface area (TPSA) is 27.7 Å². The first-order valence-electron chi connectivity index (χ1n) is 8.53.